The first kappa shape index (κ1) is 19.6. The van der Waals surface area contributed by atoms with Crippen LogP contribution < -0.4 is 14.7 Å². The maximum Gasteiger partial charge on any atom is 0.268 e. The van der Waals surface area contributed by atoms with E-state index in [-0.39, 0.29) is 0 Å². The number of rotatable bonds is 7. The van der Waals surface area contributed by atoms with Crippen LogP contribution in [0, 0.1) is 0 Å². The Morgan fingerprint density at radius 1 is 1.14 bits per heavy atom. The summed E-state index contributed by atoms with van der Waals surface area (Å²) < 4.78 is 11.5. The normalized spacial score (nSPS) is 19.0. The summed E-state index contributed by atoms with van der Waals surface area (Å²) in [7, 11) is 3.78. The average molecular weight is 454 g/mol. The van der Waals surface area contributed by atoms with Crippen LogP contribution in [-0.4, -0.2) is 78.5 Å². The van der Waals surface area contributed by atoms with Crippen LogP contribution in [0.3, 0.4) is 0 Å². The van der Waals surface area contributed by atoms with Gasteiger partial charge in [-0.2, -0.15) is 0 Å². The molecule has 9 nitrogen and oxygen atoms in total. The van der Waals surface area contributed by atoms with Crippen molar-refractivity contribution in [1.82, 2.24) is 19.8 Å². The lowest BCUT2D eigenvalue weighted by Gasteiger charge is -2.33. The Morgan fingerprint density at radius 3 is 2.64 bits per heavy atom. The first-order chi connectivity index (χ1) is 13.6. The van der Waals surface area contributed by atoms with Gasteiger partial charge in [0.15, 0.2) is 17.3 Å². The van der Waals surface area contributed by atoms with E-state index in [4.69, 9.17) is 19.1 Å². The Morgan fingerprint density at radius 2 is 1.93 bits per heavy atom. The van der Waals surface area contributed by atoms with Gasteiger partial charge in [-0.25, -0.2) is 19.6 Å². The van der Waals surface area contributed by atoms with Crippen LogP contribution >= 0.6 is 15.9 Å². The smallest absolute Gasteiger partial charge is 0.268 e. The van der Waals surface area contributed by atoms with Crippen LogP contribution in [0.2, 0.25) is 0 Å². The van der Waals surface area contributed by atoms with Gasteiger partial charge in [0, 0.05) is 38.8 Å². The minimum atomic E-state index is -0.470. The zero-order valence-electron chi connectivity index (χ0n) is 16.0. The predicted molar refractivity (Wildman–Crippen MR) is 108 cm³/mol. The number of anilines is 1. The Hall–Kier alpha value is -1.72. The largest absolute Gasteiger partial charge is 0.493 e. The van der Waals surface area contributed by atoms with Gasteiger partial charge in [-0.05, 0) is 35.5 Å². The molecule has 0 aliphatic carbocycles. The van der Waals surface area contributed by atoms with Crippen molar-refractivity contribution in [1.29, 1.82) is 0 Å². The number of hydrogen-bond donors (Lipinski definition) is 0. The molecule has 1 aromatic carbocycles. The molecule has 2 aliphatic rings. The number of ether oxygens (including phenoxy) is 2. The van der Waals surface area contributed by atoms with E-state index in [0.717, 1.165) is 50.0 Å². The summed E-state index contributed by atoms with van der Waals surface area (Å²) in [4.78, 5) is 24.1. The number of halogens is 1. The molecule has 0 N–H and O–H groups in total. The van der Waals surface area contributed by atoms with Gasteiger partial charge in [-0.1, -0.05) is 5.23 Å². The van der Waals surface area contributed by atoms with Crippen molar-refractivity contribution in [3.63, 3.8) is 0 Å². The minimum absolute atomic E-state index is 0.470. The fraction of sp³-hybridized carbons (Fsp3) is 0.556. The SMILES string of the molecule is COc1cc2c(N3OC(Br)O3)ncnc2cc1OCCCN1CCN(C)CC1. The predicted octanol–water partition coefficient (Wildman–Crippen LogP) is 2.02. The standard InChI is InChI=1S/C18H24BrN5O4/c1-22-5-7-23(8-6-22)4-3-9-26-16-11-14-13(10-15(16)25-2)17(21-12-20-14)24-27-18(19)28-24/h10-12,18H,3-9H2,1-2H3. The molecule has 2 saturated heterocycles. The van der Waals surface area contributed by atoms with Gasteiger partial charge in [0.2, 0.25) is 0 Å². The van der Waals surface area contributed by atoms with Crippen LogP contribution in [0.1, 0.15) is 6.42 Å². The van der Waals surface area contributed by atoms with Crippen LogP contribution in [0.15, 0.2) is 18.5 Å². The number of fused-ring (bicyclic) bond motifs is 1. The number of likely N-dealkylation sites (N-methyl/N-ethyl adjacent to an activating group) is 1. The lowest BCUT2D eigenvalue weighted by molar-refractivity contribution is -0.297. The first-order valence-electron chi connectivity index (χ1n) is 9.28. The van der Waals surface area contributed by atoms with E-state index in [1.807, 2.05) is 12.1 Å². The van der Waals surface area contributed by atoms with E-state index in [9.17, 15) is 0 Å². The van der Waals surface area contributed by atoms with E-state index in [1.165, 1.54) is 11.6 Å². The molecule has 0 bridgehead atoms. The van der Waals surface area contributed by atoms with E-state index in [1.54, 1.807) is 7.11 Å². The molecule has 0 amide bonds. The Labute approximate surface area is 172 Å². The summed E-state index contributed by atoms with van der Waals surface area (Å²) in [5.74, 6) is 1.81. The molecule has 0 unspecified atom stereocenters. The zero-order chi connectivity index (χ0) is 19.5. The van der Waals surface area contributed by atoms with Gasteiger partial charge >= 0.3 is 0 Å². The van der Waals surface area contributed by atoms with Crippen molar-refractivity contribution in [2.75, 3.05) is 58.7 Å². The molecule has 2 aliphatic heterocycles. The molecule has 0 saturated carbocycles. The second kappa shape index (κ2) is 8.75. The van der Waals surface area contributed by atoms with E-state index in [0.29, 0.717) is 23.9 Å². The Balaban J connectivity index is 1.41. The van der Waals surface area contributed by atoms with Gasteiger partial charge in [0.25, 0.3) is 5.20 Å². The summed E-state index contributed by atoms with van der Waals surface area (Å²) >= 11 is 3.19. The van der Waals surface area contributed by atoms with Crippen LogP contribution in [0.25, 0.3) is 10.9 Å². The van der Waals surface area contributed by atoms with E-state index < -0.39 is 5.20 Å². The van der Waals surface area contributed by atoms with Gasteiger partial charge in [-0.3, -0.25) is 0 Å². The number of nitrogens with zero attached hydrogens (tertiary/aromatic N) is 5. The Kier molecular flexibility index (Phi) is 6.12. The number of benzene rings is 1. The second-order valence-electron chi connectivity index (χ2n) is 6.81. The highest BCUT2D eigenvalue weighted by Gasteiger charge is 2.30. The highest BCUT2D eigenvalue weighted by atomic mass is 79.9. The van der Waals surface area contributed by atoms with Crippen LogP contribution in [0.4, 0.5) is 5.82 Å². The lowest BCUT2D eigenvalue weighted by atomic mass is 10.2. The third kappa shape index (κ3) is 4.31. The highest BCUT2D eigenvalue weighted by molar-refractivity contribution is 9.09. The molecule has 2 fully saturated rings. The summed E-state index contributed by atoms with van der Waals surface area (Å²) in [5.41, 5.74) is 0.727. The molecule has 1 aromatic heterocycles. The number of alkyl halides is 1. The first-order valence-corrected chi connectivity index (χ1v) is 10.2. The fourth-order valence-corrected chi connectivity index (χ4v) is 3.57. The maximum atomic E-state index is 6.00. The van der Waals surface area contributed by atoms with Gasteiger partial charge in [0.1, 0.15) is 6.33 Å². The van der Waals surface area contributed by atoms with E-state index >= 15 is 0 Å². The van der Waals surface area contributed by atoms with Crippen LogP contribution in [0.5, 0.6) is 11.5 Å². The number of hydrogen-bond acceptors (Lipinski definition) is 9. The second-order valence-corrected chi connectivity index (χ2v) is 7.55. The molecule has 4 rings (SSSR count). The summed E-state index contributed by atoms with van der Waals surface area (Å²) in [6.07, 6.45) is 2.43. The fourth-order valence-electron chi connectivity index (χ4n) is 3.27. The van der Waals surface area contributed by atoms with Crippen molar-refractivity contribution < 1.29 is 19.1 Å². The van der Waals surface area contributed by atoms with Gasteiger partial charge in [-0.15, -0.1) is 0 Å². The highest BCUT2D eigenvalue weighted by Crippen LogP contribution is 2.37. The molecule has 0 spiro atoms. The third-order valence-electron chi connectivity index (χ3n) is 4.90. The molecule has 152 valence electrons. The van der Waals surface area contributed by atoms with Crippen molar-refractivity contribution in [3.8, 4) is 11.5 Å². The molecule has 28 heavy (non-hydrogen) atoms. The number of piperazine rings is 1. The average Bonchev–Trinajstić information content (AvgIpc) is 2.69. The molecular weight excluding hydrogens is 430 g/mol. The van der Waals surface area contributed by atoms with E-state index in [2.05, 4.69) is 42.7 Å². The molecule has 2 aromatic rings. The van der Waals surface area contributed by atoms with Crippen molar-refractivity contribution >= 4 is 32.7 Å². The molecule has 3 heterocycles. The molecule has 10 heteroatoms. The topological polar surface area (TPSA) is 72.4 Å². The molecular formula is C18H24BrN5O4. The maximum absolute atomic E-state index is 6.00. The summed E-state index contributed by atoms with van der Waals surface area (Å²) in [5, 5.41) is 1.53. The van der Waals surface area contributed by atoms with Gasteiger partial charge < -0.3 is 19.3 Å². The third-order valence-corrected chi connectivity index (χ3v) is 5.24. The molecule has 0 atom stereocenters. The van der Waals surface area contributed by atoms with Crippen LogP contribution in [-0.2, 0) is 9.68 Å². The van der Waals surface area contributed by atoms with Crippen molar-refractivity contribution in [2.45, 2.75) is 11.6 Å². The Bertz CT molecular complexity index is 812. The monoisotopic (exact) mass is 453 g/mol. The minimum Gasteiger partial charge on any atom is -0.493 e. The van der Waals surface area contributed by atoms with Crippen molar-refractivity contribution in [3.05, 3.63) is 18.5 Å². The lowest BCUT2D eigenvalue weighted by Crippen LogP contribution is -2.44. The van der Waals surface area contributed by atoms with Crippen molar-refractivity contribution in [2.24, 2.45) is 0 Å². The zero-order valence-corrected chi connectivity index (χ0v) is 17.6. The summed E-state index contributed by atoms with van der Waals surface area (Å²) in [6.45, 7) is 6.14. The molecule has 0 radical (unpaired) electrons. The van der Waals surface area contributed by atoms with Gasteiger partial charge in [0.05, 0.1) is 24.6 Å². The number of aromatic nitrogens is 2. The number of methoxy groups -OCH3 is 1. The quantitative estimate of drug-likeness (QED) is 0.462. The summed E-state index contributed by atoms with van der Waals surface area (Å²) in [6, 6.07) is 3.70.